The van der Waals surface area contributed by atoms with Gasteiger partial charge in [0.05, 0.1) is 5.69 Å². The van der Waals surface area contributed by atoms with E-state index in [1.165, 1.54) is 6.07 Å². The fourth-order valence-electron chi connectivity index (χ4n) is 2.57. The van der Waals surface area contributed by atoms with Gasteiger partial charge in [0, 0.05) is 23.9 Å². The smallest absolute Gasteiger partial charge is 0.307 e. The topological polar surface area (TPSA) is 59.8 Å². The van der Waals surface area contributed by atoms with Crippen molar-refractivity contribution < 1.29 is 26.7 Å². The molecule has 0 atom stereocenters. The van der Waals surface area contributed by atoms with Gasteiger partial charge in [-0.25, -0.2) is 13.8 Å². The highest BCUT2D eigenvalue weighted by atomic mass is 19.4. The summed E-state index contributed by atoms with van der Waals surface area (Å²) in [5.41, 5.74) is -1.77. The fourth-order valence-corrected chi connectivity index (χ4v) is 2.57. The monoisotopic (exact) mass is 396 g/mol. The molecule has 0 saturated carbocycles. The lowest BCUT2D eigenvalue weighted by molar-refractivity contribution is -0.141. The standard InChI is InChI=1S/C18H13F5N4O/c1-9-4-3-5-15(24-9)25-17(28)10-6-11(16(20)12(19)7-10)13-8-14(18(21,22)23)26-27(13)2/h3-8H,1-2H3,(H,24,25,28). The van der Waals surface area contributed by atoms with Gasteiger partial charge in [-0.1, -0.05) is 6.07 Å². The molecule has 0 saturated heterocycles. The normalized spacial score (nSPS) is 11.5. The van der Waals surface area contributed by atoms with Gasteiger partial charge < -0.3 is 5.32 Å². The molecule has 3 aromatic rings. The minimum atomic E-state index is -4.75. The Kier molecular flexibility index (Phi) is 4.88. The summed E-state index contributed by atoms with van der Waals surface area (Å²) in [6.45, 7) is 1.70. The van der Waals surface area contributed by atoms with Gasteiger partial charge in [-0.3, -0.25) is 9.48 Å². The fraction of sp³-hybridized carbons (Fsp3) is 0.167. The molecule has 0 unspecified atom stereocenters. The van der Waals surface area contributed by atoms with Crippen molar-refractivity contribution in [3.05, 3.63) is 65.0 Å². The third kappa shape index (κ3) is 3.85. The average Bonchev–Trinajstić information content (AvgIpc) is 2.99. The number of aryl methyl sites for hydroxylation is 2. The van der Waals surface area contributed by atoms with Crippen LogP contribution in [0.25, 0.3) is 11.3 Å². The maximum absolute atomic E-state index is 14.3. The van der Waals surface area contributed by atoms with Gasteiger partial charge in [-0.15, -0.1) is 0 Å². The summed E-state index contributed by atoms with van der Waals surface area (Å²) < 4.78 is 67.6. The first-order valence-electron chi connectivity index (χ1n) is 7.92. The van der Waals surface area contributed by atoms with Crippen molar-refractivity contribution in [3.63, 3.8) is 0 Å². The minimum absolute atomic E-state index is 0.191. The highest BCUT2D eigenvalue weighted by molar-refractivity contribution is 6.04. The van der Waals surface area contributed by atoms with Crippen LogP contribution in [0.15, 0.2) is 36.4 Å². The molecule has 3 rings (SSSR count). The predicted molar refractivity (Wildman–Crippen MR) is 90.5 cm³/mol. The largest absolute Gasteiger partial charge is 0.435 e. The van der Waals surface area contributed by atoms with E-state index in [0.717, 1.165) is 17.8 Å². The number of aromatic nitrogens is 3. The Balaban J connectivity index is 2.02. The molecule has 0 spiro atoms. The molecular weight excluding hydrogens is 383 g/mol. The van der Waals surface area contributed by atoms with E-state index in [1.807, 2.05) is 0 Å². The highest BCUT2D eigenvalue weighted by Crippen LogP contribution is 2.33. The summed E-state index contributed by atoms with van der Waals surface area (Å²) >= 11 is 0. The molecule has 0 aliphatic heterocycles. The van der Waals surface area contributed by atoms with E-state index in [4.69, 9.17) is 0 Å². The number of halogens is 5. The molecule has 1 amide bonds. The van der Waals surface area contributed by atoms with Gasteiger partial charge in [0.2, 0.25) is 0 Å². The number of amides is 1. The van der Waals surface area contributed by atoms with E-state index in [2.05, 4.69) is 15.4 Å². The second kappa shape index (κ2) is 7.02. The molecule has 2 aromatic heterocycles. The Labute approximate surface area is 155 Å². The number of carbonyl (C=O) groups is 1. The minimum Gasteiger partial charge on any atom is -0.307 e. The van der Waals surface area contributed by atoms with E-state index in [0.29, 0.717) is 17.8 Å². The predicted octanol–water partition coefficient (Wildman–Crippen LogP) is 4.34. The van der Waals surface area contributed by atoms with E-state index < -0.39 is 35.0 Å². The number of anilines is 1. The zero-order valence-electron chi connectivity index (χ0n) is 14.6. The van der Waals surface area contributed by atoms with Crippen LogP contribution < -0.4 is 5.32 Å². The average molecular weight is 396 g/mol. The van der Waals surface area contributed by atoms with Gasteiger partial charge in [-0.05, 0) is 37.3 Å². The molecule has 1 aromatic carbocycles. The number of nitrogens with one attached hydrogen (secondary N) is 1. The van der Waals surface area contributed by atoms with Gasteiger partial charge in [0.15, 0.2) is 17.3 Å². The quantitative estimate of drug-likeness (QED) is 0.670. The lowest BCUT2D eigenvalue weighted by Crippen LogP contribution is -2.14. The summed E-state index contributed by atoms with van der Waals surface area (Å²) in [7, 11) is 1.16. The van der Waals surface area contributed by atoms with Crippen LogP contribution in [0.3, 0.4) is 0 Å². The van der Waals surface area contributed by atoms with Crippen molar-refractivity contribution in [1.82, 2.24) is 14.8 Å². The molecule has 0 aliphatic carbocycles. The van der Waals surface area contributed by atoms with Crippen molar-refractivity contribution in [1.29, 1.82) is 0 Å². The lowest BCUT2D eigenvalue weighted by Gasteiger charge is -2.09. The molecule has 0 radical (unpaired) electrons. The van der Waals surface area contributed by atoms with Gasteiger partial charge in [0.1, 0.15) is 5.82 Å². The van der Waals surface area contributed by atoms with Crippen LogP contribution in [-0.2, 0) is 13.2 Å². The third-order valence-corrected chi connectivity index (χ3v) is 3.87. The molecule has 10 heteroatoms. The number of benzene rings is 1. The maximum atomic E-state index is 14.3. The molecule has 0 bridgehead atoms. The van der Waals surface area contributed by atoms with Crippen molar-refractivity contribution in [2.75, 3.05) is 5.32 Å². The number of hydrogen-bond donors (Lipinski definition) is 1. The maximum Gasteiger partial charge on any atom is 0.435 e. The zero-order chi connectivity index (χ0) is 20.6. The number of nitrogens with zero attached hydrogens (tertiary/aromatic N) is 3. The van der Waals surface area contributed by atoms with Crippen LogP contribution in [0.2, 0.25) is 0 Å². The lowest BCUT2D eigenvalue weighted by atomic mass is 10.1. The first-order chi connectivity index (χ1) is 13.1. The summed E-state index contributed by atoms with van der Waals surface area (Å²) in [6, 6.07) is 7.05. The Morgan fingerprint density at radius 3 is 2.46 bits per heavy atom. The molecule has 0 fully saturated rings. The van der Waals surface area contributed by atoms with Crippen LogP contribution >= 0.6 is 0 Å². The van der Waals surface area contributed by atoms with Crippen molar-refractivity contribution >= 4 is 11.7 Å². The van der Waals surface area contributed by atoms with Crippen molar-refractivity contribution in [3.8, 4) is 11.3 Å². The highest BCUT2D eigenvalue weighted by Gasteiger charge is 2.35. The molecule has 146 valence electrons. The van der Waals surface area contributed by atoms with Crippen LogP contribution in [0.4, 0.5) is 27.8 Å². The van der Waals surface area contributed by atoms with Crippen molar-refractivity contribution in [2.45, 2.75) is 13.1 Å². The first kappa shape index (κ1) is 19.5. The summed E-state index contributed by atoms with van der Waals surface area (Å²) in [6.07, 6.45) is -4.75. The number of carbonyl (C=O) groups excluding carboxylic acids is 1. The van der Waals surface area contributed by atoms with E-state index in [-0.39, 0.29) is 17.1 Å². The van der Waals surface area contributed by atoms with E-state index >= 15 is 0 Å². The Hall–Kier alpha value is -3.30. The number of rotatable bonds is 3. The molecule has 5 nitrogen and oxygen atoms in total. The molecular formula is C18H13F5N4O. The zero-order valence-corrected chi connectivity index (χ0v) is 14.6. The van der Waals surface area contributed by atoms with Crippen LogP contribution in [-0.4, -0.2) is 20.7 Å². The molecule has 0 aliphatic rings. The Morgan fingerprint density at radius 2 is 1.86 bits per heavy atom. The summed E-state index contributed by atoms with van der Waals surface area (Å²) in [5.74, 6) is -3.37. The van der Waals surface area contributed by atoms with Crippen LogP contribution in [0.5, 0.6) is 0 Å². The van der Waals surface area contributed by atoms with E-state index in [9.17, 15) is 26.7 Å². The van der Waals surface area contributed by atoms with Crippen molar-refractivity contribution in [2.24, 2.45) is 7.05 Å². The Morgan fingerprint density at radius 1 is 1.14 bits per heavy atom. The summed E-state index contributed by atoms with van der Waals surface area (Å²) in [4.78, 5) is 16.4. The molecule has 1 N–H and O–H groups in total. The Bertz CT molecular complexity index is 1060. The van der Waals surface area contributed by atoms with Crippen LogP contribution in [0, 0.1) is 18.6 Å². The second-order valence-electron chi connectivity index (χ2n) is 5.97. The van der Waals surface area contributed by atoms with Gasteiger partial charge in [-0.2, -0.15) is 18.3 Å². The summed E-state index contributed by atoms with van der Waals surface area (Å²) in [5, 5.41) is 5.70. The number of hydrogen-bond acceptors (Lipinski definition) is 3. The number of alkyl halides is 3. The number of pyridine rings is 1. The third-order valence-electron chi connectivity index (χ3n) is 3.87. The SMILES string of the molecule is Cc1cccc(NC(=O)c2cc(F)c(F)c(-c3cc(C(F)(F)F)nn3C)c2)n1. The van der Waals surface area contributed by atoms with Gasteiger partial charge >= 0.3 is 6.18 Å². The van der Waals surface area contributed by atoms with E-state index in [1.54, 1.807) is 19.1 Å². The van der Waals surface area contributed by atoms with Gasteiger partial charge in [0.25, 0.3) is 5.91 Å². The first-order valence-corrected chi connectivity index (χ1v) is 7.92. The second-order valence-corrected chi connectivity index (χ2v) is 5.97. The van der Waals surface area contributed by atoms with Crippen LogP contribution in [0.1, 0.15) is 21.7 Å². The molecule has 2 heterocycles. The molecule has 28 heavy (non-hydrogen) atoms.